The van der Waals surface area contributed by atoms with Crippen LogP contribution in [0, 0.1) is 0 Å². The predicted octanol–water partition coefficient (Wildman–Crippen LogP) is 4.37. The van der Waals surface area contributed by atoms with E-state index in [1.54, 1.807) is 31.2 Å². The molecule has 1 aliphatic heterocycles. The van der Waals surface area contributed by atoms with Crippen LogP contribution in [0.5, 0.6) is 0 Å². The number of sulfone groups is 1. The largest absolute Gasteiger partial charge is 0.301 e. The molecule has 0 radical (unpaired) electrons. The van der Waals surface area contributed by atoms with Crippen molar-refractivity contribution in [2.45, 2.75) is 50.5 Å². The first-order valence-electron chi connectivity index (χ1n) is 9.31. The topological polar surface area (TPSA) is 63.2 Å². The van der Waals surface area contributed by atoms with Crippen LogP contribution in [0.3, 0.4) is 0 Å². The molecule has 0 atom stereocenters. The van der Waals surface area contributed by atoms with Crippen molar-refractivity contribution >= 4 is 34.7 Å². The van der Waals surface area contributed by atoms with Crippen molar-refractivity contribution < 1.29 is 8.42 Å². The first kappa shape index (κ1) is 24.8. The summed E-state index contributed by atoms with van der Waals surface area (Å²) in [6.07, 6.45) is 2.24. The molecule has 0 unspecified atom stereocenters. The number of likely N-dealkylation sites (tertiary alicyclic amines) is 1. The van der Waals surface area contributed by atoms with E-state index in [2.05, 4.69) is 35.0 Å². The van der Waals surface area contributed by atoms with Gasteiger partial charge < -0.3 is 4.90 Å². The summed E-state index contributed by atoms with van der Waals surface area (Å²) in [5, 5.41) is 8.83. The lowest BCUT2D eigenvalue weighted by atomic mass is 9.92. The molecule has 0 amide bonds. The highest BCUT2D eigenvalue weighted by Gasteiger charge is 2.23. The van der Waals surface area contributed by atoms with Gasteiger partial charge in [0.25, 0.3) is 0 Å². The van der Waals surface area contributed by atoms with E-state index in [1.165, 1.54) is 0 Å². The molecule has 2 aromatic rings. The van der Waals surface area contributed by atoms with Crippen molar-refractivity contribution in [3.05, 3.63) is 42.1 Å². The Bertz CT molecular complexity index is 833. The number of halogens is 2. The fourth-order valence-corrected chi connectivity index (χ4v) is 4.31. The summed E-state index contributed by atoms with van der Waals surface area (Å²) in [6, 6.07) is 11.5. The Kier molecular flexibility index (Phi) is 9.34. The normalized spacial score (nSPS) is 15.7. The number of nitrogens with zero attached hydrogens (tertiary/aromatic N) is 3. The lowest BCUT2D eigenvalue weighted by molar-refractivity contribution is 0.170. The third-order valence-corrected chi connectivity index (χ3v) is 7.00. The van der Waals surface area contributed by atoms with E-state index in [9.17, 15) is 8.42 Å². The number of hydrogen-bond acceptors (Lipinski definition) is 5. The maximum absolute atomic E-state index is 11.9. The molecule has 3 rings (SSSR count). The molecule has 1 aromatic heterocycles. The Morgan fingerprint density at radius 3 is 2.07 bits per heavy atom. The van der Waals surface area contributed by atoms with Gasteiger partial charge in [-0.15, -0.1) is 24.8 Å². The number of aromatic nitrogens is 2. The highest BCUT2D eigenvalue weighted by Crippen LogP contribution is 2.28. The summed E-state index contributed by atoms with van der Waals surface area (Å²) in [7, 11) is -3.17. The molecular formula is C20H29Cl2N3O2S. The van der Waals surface area contributed by atoms with Crippen LogP contribution in [0.1, 0.15) is 45.2 Å². The molecule has 0 bridgehead atoms. The van der Waals surface area contributed by atoms with E-state index in [-0.39, 0.29) is 30.6 Å². The van der Waals surface area contributed by atoms with Crippen molar-refractivity contribution in [3.63, 3.8) is 0 Å². The zero-order valence-corrected chi connectivity index (χ0v) is 19.0. The fourth-order valence-electron chi connectivity index (χ4n) is 3.43. The second-order valence-corrected chi connectivity index (χ2v) is 9.45. The molecule has 0 saturated carbocycles. The highest BCUT2D eigenvalue weighted by molar-refractivity contribution is 7.91. The van der Waals surface area contributed by atoms with Crippen molar-refractivity contribution in [2.75, 3.05) is 18.8 Å². The molecule has 2 heterocycles. The molecule has 0 N–H and O–H groups in total. The van der Waals surface area contributed by atoms with Crippen molar-refractivity contribution in [1.82, 2.24) is 15.1 Å². The van der Waals surface area contributed by atoms with E-state index in [0.29, 0.717) is 16.9 Å². The lowest BCUT2D eigenvalue weighted by Crippen LogP contribution is -2.38. The monoisotopic (exact) mass is 445 g/mol. The first-order valence-corrected chi connectivity index (χ1v) is 11.0. The standard InChI is InChI=1S/C20H27N3O2S.2ClH/c1-4-26(24,25)18-7-5-16(6-8-18)19-9-10-20(22-21-19)17-11-13-23(14-12-17)15(2)3;;/h5-10,15,17H,4,11-14H2,1-3H3;2*1H. The van der Waals surface area contributed by atoms with Gasteiger partial charge in [-0.1, -0.05) is 19.1 Å². The summed E-state index contributed by atoms with van der Waals surface area (Å²) in [4.78, 5) is 2.86. The maximum Gasteiger partial charge on any atom is 0.178 e. The molecule has 28 heavy (non-hydrogen) atoms. The second kappa shape index (κ2) is 10.5. The number of benzene rings is 1. The average Bonchev–Trinajstić information content (AvgIpc) is 2.68. The smallest absolute Gasteiger partial charge is 0.178 e. The van der Waals surface area contributed by atoms with Gasteiger partial charge in [0, 0.05) is 17.5 Å². The van der Waals surface area contributed by atoms with Crippen molar-refractivity contribution in [2.24, 2.45) is 0 Å². The number of hydrogen-bond donors (Lipinski definition) is 0. The van der Waals surface area contributed by atoms with Gasteiger partial charge in [0.05, 0.1) is 22.0 Å². The van der Waals surface area contributed by atoms with Crippen molar-refractivity contribution in [1.29, 1.82) is 0 Å². The van der Waals surface area contributed by atoms with Gasteiger partial charge in [-0.25, -0.2) is 8.42 Å². The molecule has 8 heteroatoms. The minimum atomic E-state index is -3.17. The molecule has 1 fully saturated rings. The van der Waals surface area contributed by atoms with E-state index >= 15 is 0 Å². The van der Waals surface area contributed by atoms with Gasteiger partial charge in [-0.2, -0.15) is 10.2 Å². The maximum atomic E-state index is 11.9. The Morgan fingerprint density at radius 1 is 1.00 bits per heavy atom. The third-order valence-electron chi connectivity index (χ3n) is 5.25. The van der Waals surface area contributed by atoms with Crippen LogP contribution in [-0.2, 0) is 9.84 Å². The minimum Gasteiger partial charge on any atom is -0.301 e. The summed E-state index contributed by atoms with van der Waals surface area (Å²) in [5.41, 5.74) is 2.71. The summed E-state index contributed by atoms with van der Waals surface area (Å²) < 4.78 is 23.8. The average molecular weight is 446 g/mol. The highest BCUT2D eigenvalue weighted by atomic mass is 35.5. The van der Waals surface area contributed by atoms with Gasteiger partial charge in [0.15, 0.2) is 9.84 Å². The molecule has 0 spiro atoms. The first-order chi connectivity index (χ1) is 12.4. The molecule has 1 aromatic carbocycles. The third kappa shape index (κ3) is 5.66. The van der Waals surface area contributed by atoms with Crippen LogP contribution in [-0.4, -0.2) is 48.4 Å². The van der Waals surface area contributed by atoms with Crippen LogP contribution in [0.2, 0.25) is 0 Å². The lowest BCUT2D eigenvalue weighted by Gasteiger charge is -2.34. The van der Waals surface area contributed by atoms with E-state index in [0.717, 1.165) is 42.9 Å². The summed E-state index contributed by atoms with van der Waals surface area (Å²) >= 11 is 0. The zero-order valence-electron chi connectivity index (χ0n) is 16.5. The van der Waals surface area contributed by atoms with Gasteiger partial charge in [-0.3, -0.25) is 0 Å². The number of rotatable bonds is 5. The SMILES string of the molecule is CCS(=O)(=O)c1ccc(-c2ccc(C3CCN(C(C)C)CC3)nn2)cc1.Cl.Cl. The molecule has 156 valence electrons. The zero-order chi connectivity index (χ0) is 18.7. The molecule has 5 nitrogen and oxygen atoms in total. The van der Waals surface area contributed by atoms with Gasteiger partial charge in [0.2, 0.25) is 0 Å². The van der Waals surface area contributed by atoms with Crippen LogP contribution in [0.25, 0.3) is 11.3 Å². The molecule has 1 saturated heterocycles. The Hall–Kier alpha value is -1.21. The second-order valence-electron chi connectivity index (χ2n) is 7.18. The molecular weight excluding hydrogens is 417 g/mol. The van der Waals surface area contributed by atoms with Crippen molar-refractivity contribution in [3.8, 4) is 11.3 Å². The number of piperidine rings is 1. The van der Waals surface area contributed by atoms with E-state index < -0.39 is 9.84 Å². The fraction of sp³-hybridized carbons (Fsp3) is 0.500. The Morgan fingerprint density at radius 2 is 1.61 bits per heavy atom. The van der Waals surface area contributed by atoms with E-state index in [4.69, 9.17) is 0 Å². The quantitative estimate of drug-likeness (QED) is 0.683. The Balaban J connectivity index is 0.00000196. The summed E-state index contributed by atoms with van der Waals surface area (Å²) in [6.45, 7) is 8.36. The van der Waals surface area contributed by atoms with Gasteiger partial charge >= 0.3 is 0 Å². The van der Waals surface area contributed by atoms with Crippen LogP contribution >= 0.6 is 24.8 Å². The molecule has 1 aliphatic rings. The predicted molar refractivity (Wildman–Crippen MR) is 118 cm³/mol. The Labute approximate surface area is 180 Å². The van der Waals surface area contributed by atoms with E-state index in [1.807, 2.05) is 6.07 Å². The van der Waals surface area contributed by atoms with Crippen LogP contribution in [0.4, 0.5) is 0 Å². The van der Waals surface area contributed by atoms with Crippen LogP contribution in [0.15, 0.2) is 41.3 Å². The van der Waals surface area contributed by atoms with Crippen LogP contribution < -0.4 is 0 Å². The summed E-state index contributed by atoms with van der Waals surface area (Å²) in [5.74, 6) is 0.583. The molecule has 0 aliphatic carbocycles. The van der Waals surface area contributed by atoms with Gasteiger partial charge in [-0.05, 0) is 64.0 Å². The minimum absolute atomic E-state index is 0. The van der Waals surface area contributed by atoms with Gasteiger partial charge in [0.1, 0.15) is 0 Å².